The van der Waals surface area contributed by atoms with Gasteiger partial charge in [-0.2, -0.15) is 0 Å². The molecule has 25 heavy (non-hydrogen) atoms. The molecule has 0 radical (unpaired) electrons. The molecule has 3 heteroatoms. The van der Waals surface area contributed by atoms with Gasteiger partial charge in [0, 0.05) is 12.5 Å². The molecule has 1 saturated heterocycles. The number of halogens is 1. The van der Waals surface area contributed by atoms with Crippen LogP contribution in [0.5, 0.6) is 0 Å². The van der Waals surface area contributed by atoms with Crippen LogP contribution in [0.25, 0.3) is 0 Å². The molecule has 1 aliphatic heterocycles. The monoisotopic (exact) mass is 342 g/mol. The van der Waals surface area contributed by atoms with Crippen LogP contribution in [0.4, 0.5) is 4.39 Å². The van der Waals surface area contributed by atoms with E-state index in [1.165, 1.54) is 23.3 Å². The first kappa shape index (κ1) is 18.1. The van der Waals surface area contributed by atoms with E-state index in [2.05, 4.69) is 45.0 Å². The summed E-state index contributed by atoms with van der Waals surface area (Å²) in [6, 6.07) is 15.2. The first-order valence-corrected chi connectivity index (χ1v) is 8.96. The molecule has 2 nitrogen and oxygen atoms in total. The van der Waals surface area contributed by atoms with E-state index in [0.29, 0.717) is 6.61 Å². The molecule has 1 N–H and O–H groups in total. The summed E-state index contributed by atoms with van der Waals surface area (Å²) in [7, 11) is 0. The average Bonchev–Trinajstić information content (AvgIpc) is 2.98. The molecule has 134 valence electrons. The topological polar surface area (TPSA) is 29.5 Å². The molecule has 1 fully saturated rings. The molecule has 0 aliphatic carbocycles. The molecule has 1 aliphatic rings. The summed E-state index contributed by atoms with van der Waals surface area (Å²) >= 11 is 0. The van der Waals surface area contributed by atoms with Crippen molar-refractivity contribution in [3.05, 3.63) is 71.0 Å². The predicted molar refractivity (Wildman–Crippen MR) is 98.0 cm³/mol. The van der Waals surface area contributed by atoms with Crippen molar-refractivity contribution >= 4 is 0 Å². The van der Waals surface area contributed by atoms with Gasteiger partial charge in [-0.3, -0.25) is 0 Å². The lowest BCUT2D eigenvalue weighted by molar-refractivity contribution is 0.0718. The van der Waals surface area contributed by atoms with Gasteiger partial charge >= 0.3 is 0 Å². The molecule has 0 aromatic heterocycles. The van der Waals surface area contributed by atoms with E-state index in [-0.39, 0.29) is 35.8 Å². The van der Waals surface area contributed by atoms with Gasteiger partial charge in [-0.15, -0.1) is 0 Å². The lowest BCUT2D eigenvalue weighted by Crippen LogP contribution is -2.21. The fourth-order valence-corrected chi connectivity index (χ4v) is 3.62. The third kappa shape index (κ3) is 4.10. The van der Waals surface area contributed by atoms with Gasteiger partial charge in [0.1, 0.15) is 5.82 Å². The third-order valence-corrected chi connectivity index (χ3v) is 5.21. The SMILES string of the molecule is CC(C)(C)c1ccc(C[C@H]2COC(c3ccc(F)cc3)[C@H]2CO)cc1. The fraction of sp³-hybridized carbons (Fsp3) is 0.455. The average molecular weight is 342 g/mol. The van der Waals surface area contributed by atoms with E-state index in [1.54, 1.807) is 12.1 Å². The second kappa shape index (κ2) is 7.27. The van der Waals surface area contributed by atoms with Crippen molar-refractivity contribution in [1.82, 2.24) is 0 Å². The fourth-order valence-electron chi connectivity index (χ4n) is 3.62. The van der Waals surface area contributed by atoms with Gasteiger partial charge in [0.15, 0.2) is 0 Å². The normalized spacial score (nSPS) is 23.8. The molecular weight excluding hydrogens is 315 g/mol. The largest absolute Gasteiger partial charge is 0.396 e. The number of rotatable bonds is 4. The summed E-state index contributed by atoms with van der Waals surface area (Å²) in [4.78, 5) is 0. The van der Waals surface area contributed by atoms with Crippen molar-refractivity contribution in [2.45, 2.75) is 38.7 Å². The lowest BCUT2D eigenvalue weighted by Gasteiger charge is -2.22. The van der Waals surface area contributed by atoms with Gasteiger partial charge < -0.3 is 9.84 Å². The maximum Gasteiger partial charge on any atom is 0.123 e. The van der Waals surface area contributed by atoms with Gasteiger partial charge in [0.05, 0.1) is 12.7 Å². The second-order valence-corrected chi connectivity index (χ2v) is 8.06. The summed E-state index contributed by atoms with van der Waals surface area (Å²) in [6.07, 6.45) is 0.720. The number of benzene rings is 2. The lowest BCUT2D eigenvalue weighted by atomic mass is 9.83. The summed E-state index contributed by atoms with van der Waals surface area (Å²) < 4.78 is 19.1. The predicted octanol–water partition coefficient (Wildman–Crippen LogP) is 4.66. The Hall–Kier alpha value is -1.71. The maximum absolute atomic E-state index is 13.1. The molecule has 2 aromatic rings. The van der Waals surface area contributed by atoms with Crippen LogP contribution in [-0.2, 0) is 16.6 Å². The van der Waals surface area contributed by atoms with Gasteiger partial charge in [-0.05, 0) is 46.6 Å². The highest BCUT2D eigenvalue weighted by Crippen LogP contribution is 2.39. The van der Waals surface area contributed by atoms with Gasteiger partial charge in [0.25, 0.3) is 0 Å². The van der Waals surface area contributed by atoms with Crippen molar-refractivity contribution in [3.8, 4) is 0 Å². The van der Waals surface area contributed by atoms with E-state index in [0.717, 1.165) is 12.0 Å². The minimum Gasteiger partial charge on any atom is -0.396 e. The Morgan fingerprint density at radius 3 is 2.24 bits per heavy atom. The quantitative estimate of drug-likeness (QED) is 0.875. The number of aliphatic hydroxyl groups is 1. The molecule has 0 saturated carbocycles. The smallest absolute Gasteiger partial charge is 0.123 e. The van der Waals surface area contributed by atoms with Crippen LogP contribution in [0.3, 0.4) is 0 Å². The maximum atomic E-state index is 13.1. The van der Waals surface area contributed by atoms with Crippen molar-refractivity contribution in [1.29, 1.82) is 0 Å². The Labute approximate surface area is 149 Å². The summed E-state index contributed by atoms with van der Waals surface area (Å²) in [5.41, 5.74) is 3.67. The first-order valence-electron chi connectivity index (χ1n) is 8.96. The molecular formula is C22H27FO2. The highest BCUT2D eigenvalue weighted by atomic mass is 19.1. The zero-order valence-electron chi connectivity index (χ0n) is 15.2. The van der Waals surface area contributed by atoms with Crippen LogP contribution in [0, 0.1) is 17.7 Å². The van der Waals surface area contributed by atoms with E-state index in [9.17, 15) is 9.50 Å². The van der Waals surface area contributed by atoms with Gasteiger partial charge in [-0.1, -0.05) is 57.2 Å². The molecule has 3 rings (SSSR count). The minimum atomic E-state index is -0.252. The van der Waals surface area contributed by atoms with Crippen LogP contribution in [0.1, 0.15) is 43.6 Å². The highest BCUT2D eigenvalue weighted by molar-refractivity contribution is 5.28. The number of aliphatic hydroxyl groups excluding tert-OH is 1. The van der Waals surface area contributed by atoms with Gasteiger partial charge in [0.2, 0.25) is 0 Å². The van der Waals surface area contributed by atoms with Crippen LogP contribution in [-0.4, -0.2) is 18.3 Å². The van der Waals surface area contributed by atoms with Gasteiger partial charge in [-0.25, -0.2) is 4.39 Å². The van der Waals surface area contributed by atoms with Crippen LogP contribution in [0.15, 0.2) is 48.5 Å². The van der Waals surface area contributed by atoms with E-state index >= 15 is 0 Å². The van der Waals surface area contributed by atoms with Crippen LogP contribution < -0.4 is 0 Å². The molecule has 2 aromatic carbocycles. The van der Waals surface area contributed by atoms with Crippen molar-refractivity contribution < 1.29 is 14.2 Å². The Morgan fingerprint density at radius 2 is 1.68 bits per heavy atom. The van der Waals surface area contributed by atoms with E-state index in [1.807, 2.05) is 0 Å². The van der Waals surface area contributed by atoms with Crippen molar-refractivity contribution in [2.75, 3.05) is 13.2 Å². The molecule has 0 amide bonds. The van der Waals surface area contributed by atoms with Crippen LogP contribution in [0.2, 0.25) is 0 Å². The standard InChI is InChI=1S/C22H27FO2/c1-22(2,3)18-8-4-15(5-9-18)12-17-14-25-21(20(17)13-24)16-6-10-19(23)11-7-16/h4-11,17,20-21,24H,12-14H2,1-3H3/t17-,20-,21?/m0/s1. The second-order valence-electron chi connectivity index (χ2n) is 8.06. The summed E-state index contributed by atoms with van der Waals surface area (Å²) in [6.45, 7) is 7.33. The summed E-state index contributed by atoms with van der Waals surface area (Å²) in [5.74, 6) is 0.0473. The molecule has 1 unspecified atom stereocenters. The molecule has 1 heterocycles. The van der Waals surface area contributed by atoms with Crippen molar-refractivity contribution in [2.24, 2.45) is 11.8 Å². The highest BCUT2D eigenvalue weighted by Gasteiger charge is 2.37. The van der Waals surface area contributed by atoms with E-state index in [4.69, 9.17) is 4.74 Å². The number of hydrogen-bond donors (Lipinski definition) is 1. The van der Waals surface area contributed by atoms with Crippen LogP contribution >= 0.6 is 0 Å². The summed E-state index contributed by atoms with van der Waals surface area (Å²) in [5, 5.41) is 9.90. The zero-order valence-corrected chi connectivity index (χ0v) is 15.2. The molecule has 0 bridgehead atoms. The number of ether oxygens (including phenoxy) is 1. The first-order chi connectivity index (χ1) is 11.9. The third-order valence-electron chi connectivity index (χ3n) is 5.21. The Balaban J connectivity index is 1.71. The minimum absolute atomic E-state index is 0.0350. The number of hydrogen-bond acceptors (Lipinski definition) is 2. The van der Waals surface area contributed by atoms with Crippen molar-refractivity contribution in [3.63, 3.8) is 0 Å². The Bertz CT molecular complexity index is 685. The zero-order chi connectivity index (χ0) is 18.0. The Morgan fingerprint density at radius 1 is 1.04 bits per heavy atom. The molecule has 3 atom stereocenters. The van der Waals surface area contributed by atoms with E-state index < -0.39 is 0 Å². The Kier molecular flexibility index (Phi) is 5.26. The molecule has 0 spiro atoms.